The van der Waals surface area contributed by atoms with Crippen LogP contribution in [-0.4, -0.2) is 15.0 Å². The standard InChI is InChI=1S/C9H4N6O2/c10-1-3-4(2-11)6(12)13-7-5(3)8(16)15-9(17)14-7/h(H4,12,13,14,15,16,17). The van der Waals surface area contributed by atoms with Crippen molar-refractivity contribution in [2.24, 2.45) is 0 Å². The maximum absolute atomic E-state index is 11.5. The minimum absolute atomic E-state index is 0.119. The maximum Gasteiger partial charge on any atom is 0.327 e. The normalized spacial score (nSPS) is 9.76. The lowest BCUT2D eigenvalue weighted by atomic mass is 10.1. The Morgan fingerprint density at radius 3 is 2.35 bits per heavy atom. The predicted molar refractivity (Wildman–Crippen MR) is 56.8 cm³/mol. The molecule has 0 aromatic carbocycles. The zero-order valence-corrected chi connectivity index (χ0v) is 8.24. The van der Waals surface area contributed by atoms with Crippen LogP contribution in [0.15, 0.2) is 9.59 Å². The zero-order chi connectivity index (χ0) is 12.6. The summed E-state index contributed by atoms with van der Waals surface area (Å²) in [5, 5.41) is 17.6. The molecular formula is C9H4N6O2. The number of H-pyrrole nitrogens is 2. The number of aromatic amines is 2. The van der Waals surface area contributed by atoms with Crippen LogP contribution in [0.5, 0.6) is 0 Å². The molecule has 2 rings (SSSR count). The summed E-state index contributed by atoms with van der Waals surface area (Å²) in [6.07, 6.45) is 0. The summed E-state index contributed by atoms with van der Waals surface area (Å²) >= 11 is 0. The Labute approximate surface area is 92.9 Å². The van der Waals surface area contributed by atoms with Crippen molar-refractivity contribution in [3.05, 3.63) is 32.0 Å². The summed E-state index contributed by atoms with van der Waals surface area (Å²) < 4.78 is 0. The Morgan fingerprint density at radius 1 is 1.12 bits per heavy atom. The Morgan fingerprint density at radius 2 is 1.76 bits per heavy atom. The number of nitriles is 2. The smallest absolute Gasteiger partial charge is 0.327 e. The van der Waals surface area contributed by atoms with Crippen molar-refractivity contribution >= 4 is 16.9 Å². The molecular weight excluding hydrogens is 224 g/mol. The summed E-state index contributed by atoms with van der Waals surface area (Å²) in [4.78, 5) is 30.5. The topological polar surface area (TPSA) is 152 Å². The van der Waals surface area contributed by atoms with Crippen molar-refractivity contribution < 1.29 is 0 Å². The van der Waals surface area contributed by atoms with Crippen LogP contribution in [0.3, 0.4) is 0 Å². The Bertz CT molecular complexity index is 817. The van der Waals surface area contributed by atoms with Crippen molar-refractivity contribution in [2.45, 2.75) is 0 Å². The molecule has 2 aromatic rings. The Balaban J connectivity index is 3.19. The van der Waals surface area contributed by atoms with E-state index < -0.39 is 11.2 Å². The lowest BCUT2D eigenvalue weighted by Crippen LogP contribution is -2.24. The molecule has 2 heterocycles. The Kier molecular flexibility index (Phi) is 2.12. The number of nitrogen functional groups attached to an aromatic ring is 1. The van der Waals surface area contributed by atoms with Crippen molar-refractivity contribution in [2.75, 3.05) is 5.73 Å². The second-order valence-corrected chi connectivity index (χ2v) is 3.10. The minimum atomic E-state index is -0.788. The number of fused-ring (bicyclic) bond motifs is 1. The monoisotopic (exact) mass is 228 g/mol. The number of anilines is 1. The first-order valence-corrected chi connectivity index (χ1v) is 4.34. The average molecular weight is 228 g/mol. The molecule has 0 amide bonds. The third kappa shape index (κ3) is 1.41. The number of nitrogens with one attached hydrogen (secondary N) is 2. The van der Waals surface area contributed by atoms with Crippen molar-refractivity contribution in [3.8, 4) is 12.1 Å². The van der Waals surface area contributed by atoms with Gasteiger partial charge in [0, 0.05) is 0 Å². The van der Waals surface area contributed by atoms with E-state index in [-0.39, 0.29) is 28.0 Å². The molecule has 0 radical (unpaired) electrons. The summed E-state index contributed by atoms with van der Waals surface area (Å²) in [7, 11) is 0. The van der Waals surface area contributed by atoms with Crippen LogP contribution in [0.25, 0.3) is 11.0 Å². The van der Waals surface area contributed by atoms with E-state index in [1.807, 2.05) is 4.98 Å². The van der Waals surface area contributed by atoms with Crippen molar-refractivity contribution in [1.29, 1.82) is 10.5 Å². The molecule has 17 heavy (non-hydrogen) atoms. The molecule has 2 aromatic heterocycles. The van der Waals surface area contributed by atoms with E-state index in [0.29, 0.717) is 0 Å². The number of aromatic nitrogens is 3. The van der Waals surface area contributed by atoms with E-state index in [4.69, 9.17) is 16.3 Å². The lowest BCUT2D eigenvalue weighted by molar-refractivity contribution is 1.06. The highest BCUT2D eigenvalue weighted by Gasteiger charge is 2.16. The van der Waals surface area contributed by atoms with Gasteiger partial charge in [-0.1, -0.05) is 0 Å². The fourth-order valence-corrected chi connectivity index (χ4v) is 1.44. The molecule has 0 saturated heterocycles. The molecule has 0 fully saturated rings. The first kappa shape index (κ1) is 10.4. The van der Waals surface area contributed by atoms with E-state index >= 15 is 0 Å². The zero-order valence-electron chi connectivity index (χ0n) is 8.24. The van der Waals surface area contributed by atoms with Gasteiger partial charge in [-0.15, -0.1) is 0 Å². The fourth-order valence-electron chi connectivity index (χ4n) is 1.44. The van der Waals surface area contributed by atoms with Gasteiger partial charge in [0.05, 0.1) is 5.56 Å². The highest BCUT2D eigenvalue weighted by Crippen LogP contribution is 2.18. The minimum Gasteiger partial charge on any atom is -0.382 e. The molecule has 0 aliphatic rings. The van der Waals surface area contributed by atoms with Crippen LogP contribution >= 0.6 is 0 Å². The molecule has 8 heteroatoms. The second-order valence-electron chi connectivity index (χ2n) is 3.10. The second kappa shape index (κ2) is 3.47. The predicted octanol–water partition coefficient (Wildman–Crippen LogP) is -1.06. The van der Waals surface area contributed by atoms with Gasteiger partial charge in [-0.05, 0) is 0 Å². The molecule has 0 bridgehead atoms. The summed E-state index contributed by atoms with van der Waals surface area (Å²) in [5.41, 5.74) is 3.40. The van der Waals surface area contributed by atoms with Gasteiger partial charge in [0.2, 0.25) is 0 Å². The maximum atomic E-state index is 11.5. The number of rotatable bonds is 0. The van der Waals surface area contributed by atoms with Crippen LogP contribution in [0, 0.1) is 22.7 Å². The van der Waals surface area contributed by atoms with Crippen LogP contribution in [0.4, 0.5) is 5.82 Å². The van der Waals surface area contributed by atoms with Crippen LogP contribution in [0.2, 0.25) is 0 Å². The van der Waals surface area contributed by atoms with Crippen LogP contribution in [0.1, 0.15) is 11.1 Å². The van der Waals surface area contributed by atoms with Gasteiger partial charge in [-0.25, -0.2) is 9.78 Å². The van der Waals surface area contributed by atoms with E-state index in [9.17, 15) is 9.59 Å². The summed E-state index contributed by atoms with van der Waals surface area (Å²) in [6, 6.07) is 3.40. The molecule has 0 aliphatic carbocycles. The molecule has 0 unspecified atom stereocenters. The summed E-state index contributed by atoms with van der Waals surface area (Å²) in [6.45, 7) is 0. The molecule has 82 valence electrons. The number of nitrogens with two attached hydrogens (primary N) is 1. The molecule has 0 aliphatic heterocycles. The van der Waals surface area contributed by atoms with Crippen molar-refractivity contribution in [1.82, 2.24) is 15.0 Å². The van der Waals surface area contributed by atoms with E-state index in [1.165, 1.54) is 0 Å². The highest BCUT2D eigenvalue weighted by molar-refractivity contribution is 5.86. The fraction of sp³-hybridized carbons (Fsp3) is 0. The lowest BCUT2D eigenvalue weighted by Gasteiger charge is -2.02. The third-order valence-corrected chi connectivity index (χ3v) is 2.13. The van der Waals surface area contributed by atoms with Gasteiger partial charge < -0.3 is 5.73 Å². The van der Waals surface area contributed by atoms with Gasteiger partial charge >= 0.3 is 5.69 Å². The van der Waals surface area contributed by atoms with Gasteiger partial charge in [0.25, 0.3) is 5.56 Å². The SMILES string of the molecule is N#Cc1c(N)nc2[nH]c(=O)[nH]c(=O)c2c1C#N. The van der Waals surface area contributed by atoms with Gasteiger partial charge in [-0.3, -0.25) is 14.8 Å². The number of nitrogens with zero attached hydrogens (tertiary/aromatic N) is 3. The van der Waals surface area contributed by atoms with E-state index in [1.54, 1.807) is 12.1 Å². The van der Waals surface area contributed by atoms with Gasteiger partial charge in [-0.2, -0.15) is 10.5 Å². The quantitative estimate of drug-likeness (QED) is 0.522. The highest BCUT2D eigenvalue weighted by atomic mass is 16.2. The van der Waals surface area contributed by atoms with E-state index in [0.717, 1.165) is 0 Å². The Hall–Kier alpha value is -3.13. The van der Waals surface area contributed by atoms with Gasteiger partial charge in [0.15, 0.2) is 5.65 Å². The third-order valence-electron chi connectivity index (χ3n) is 2.13. The van der Waals surface area contributed by atoms with E-state index in [2.05, 4.69) is 9.97 Å². The number of hydrogen-bond donors (Lipinski definition) is 3. The van der Waals surface area contributed by atoms with Crippen LogP contribution in [-0.2, 0) is 0 Å². The van der Waals surface area contributed by atoms with Crippen LogP contribution < -0.4 is 17.0 Å². The molecule has 0 atom stereocenters. The first-order chi connectivity index (χ1) is 8.08. The molecule has 8 nitrogen and oxygen atoms in total. The largest absolute Gasteiger partial charge is 0.382 e. The average Bonchev–Trinajstić information content (AvgIpc) is 2.26. The van der Waals surface area contributed by atoms with Crippen molar-refractivity contribution in [3.63, 3.8) is 0 Å². The number of pyridine rings is 1. The molecule has 0 spiro atoms. The number of hydrogen-bond acceptors (Lipinski definition) is 6. The molecule has 4 N–H and O–H groups in total. The first-order valence-electron chi connectivity index (χ1n) is 4.34. The molecule has 0 saturated carbocycles. The summed E-state index contributed by atoms with van der Waals surface area (Å²) in [5.74, 6) is -0.210. The van der Waals surface area contributed by atoms with Gasteiger partial charge in [0.1, 0.15) is 28.9 Å².